The number of esters is 1. The molecule has 1 amide bonds. The first-order valence-electron chi connectivity index (χ1n) is 9.58. The Bertz CT molecular complexity index is 970. The molecule has 0 saturated heterocycles. The molecule has 0 aliphatic rings. The summed E-state index contributed by atoms with van der Waals surface area (Å²) in [7, 11) is 2.96. The van der Waals surface area contributed by atoms with Gasteiger partial charge < -0.3 is 14.4 Å². The molecule has 0 unspecified atom stereocenters. The smallest absolute Gasteiger partial charge is 0.357 e. The van der Waals surface area contributed by atoms with Crippen LogP contribution in [0.2, 0.25) is 0 Å². The molecule has 3 rings (SSSR count). The molecule has 0 atom stereocenters. The number of aromatic nitrogens is 1. The van der Waals surface area contributed by atoms with Crippen LogP contribution in [0.25, 0.3) is 11.1 Å². The predicted molar refractivity (Wildman–Crippen MR) is 117 cm³/mol. The lowest BCUT2D eigenvalue weighted by Crippen LogP contribution is -2.32. The van der Waals surface area contributed by atoms with Crippen molar-refractivity contribution in [2.24, 2.45) is 0 Å². The summed E-state index contributed by atoms with van der Waals surface area (Å²) in [6, 6.07) is 17.6. The molecule has 0 fully saturated rings. The Hall–Kier alpha value is -3.03. The van der Waals surface area contributed by atoms with Crippen LogP contribution in [-0.2, 0) is 16.0 Å². The lowest BCUT2D eigenvalue weighted by Gasteiger charge is -2.22. The van der Waals surface area contributed by atoms with E-state index in [9.17, 15) is 9.59 Å². The maximum Gasteiger partial charge on any atom is 0.357 e. The second-order valence-corrected chi connectivity index (χ2v) is 7.58. The predicted octanol–water partition coefficient (Wildman–Crippen LogP) is 4.28. The van der Waals surface area contributed by atoms with Crippen LogP contribution < -0.4 is 0 Å². The Morgan fingerprint density at radius 3 is 2.37 bits per heavy atom. The molecule has 30 heavy (non-hydrogen) atoms. The molecule has 2 aromatic carbocycles. The van der Waals surface area contributed by atoms with Crippen LogP contribution in [0.15, 0.2) is 60.0 Å². The van der Waals surface area contributed by atoms with Crippen molar-refractivity contribution in [2.75, 3.05) is 27.4 Å². The molecule has 0 spiro atoms. The van der Waals surface area contributed by atoms with Crippen LogP contribution in [-0.4, -0.2) is 49.1 Å². The Morgan fingerprint density at radius 1 is 1.00 bits per heavy atom. The highest BCUT2D eigenvalue weighted by Gasteiger charge is 2.19. The van der Waals surface area contributed by atoms with E-state index in [-0.39, 0.29) is 11.6 Å². The molecular formula is C23H24N2O4S. The van der Waals surface area contributed by atoms with Gasteiger partial charge in [-0.2, -0.15) is 0 Å². The van der Waals surface area contributed by atoms with E-state index in [1.54, 1.807) is 17.4 Å². The highest BCUT2D eigenvalue weighted by molar-refractivity contribution is 7.09. The van der Waals surface area contributed by atoms with Gasteiger partial charge in [0, 0.05) is 31.2 Å². The van der Waals surface area contributed by atoms with Crippen molar-refractivity contribution in [1.29, 1.82) is 0 Å². The average molecular weight is 425 g/mol. The van der Waals surface area contributed by atoms with E-state index in [0.29, 0.717) is 36.7 Å². The zero-order chi connectivity index (χ0) is 21.3. The highest BCUT2D eigenvalue weighted by atomic mass is 32.1. The largest absolute Gasteiger partial charge is 0.464 e. The second-order valence-electron chi connectivity index (χ2n) is 6.63. The van der Waals surface area contributed by atoms with Crippen molar-refractivity contribution < 1.29 is 19.1 Å². The maximum absolute atomic E-state index is 13.2. The third-order valence-corrected chi connectivity index (χ3v) is 5.41. The van der Waals surface area contributed by atoms with Gasteiger partial charge in [0.25, 0.3) is 5.91 Å². The summed E-state index contributed by atoms with van der Waals surface area (Å²) in [5, 5.41) is 2.33. The number of hydrogen-bond donors (Lipinski definition) is 0. The summed E-state index contributed by atoms with van der Waals surface area (Å²) in [4.78, 5) is 30.8. The Morgan fingerprint density at radius 2 is 1.70 bits per heavy atom. The van der Waals surface area contributed by atoms with Crippen LogP contribution >= 0.6 is 11.3 Å². The zero-order valence-corrected chi connectivity index (χ0v) is 17.9. The third-order valence-electron chi connectivity index (χ3n) is 4.58. The van der Waals surface area contributed by atoms with E-state index < -0.39 is 5.97 Å². The van der Waals surface area contributed by atoms with Crippen LogP contribution in [0.1, 0.15) is 32.3 Å². The van der Waals surface area contributed by atoms with Gasteiger partial charge >= 0.3 is 5.97 Å². The first-order valence-corrected chi connectivity index (χ1v) is 10.5. The van der Waals surface area contributed by atoms with E-state index in [4.69, 9.17) is 9.47 Å². The molecule has 0 saturated carbocycles. The SMILES string of the molecule is COCCCN(Cc1nc(C(=O)OC)cs1)C(=O)c1ccc(-c2ccccc2)cc1. The van der Waals surface area contributed by atoms with Crippen molar-refractivity contribution in [1.82, 2.24) is 9.88 Å². The van der Waals surface area contributed by atoms with Crippen molar-refractivity contribution in [3.63, 3.8) is 0 Å². The van der Waals surface area contributed by atoms with Crippen LogP contribution in [0.4, 0.5) is 0 Å². The number of carbonyl (C=O) groups is 2. The monoisotopic (exact) mass is 424 g/mol. The lowest BCUT2D eigenvalue weighted by atomic mass is 10.0. The number of thiazole rings is 1. The molecule has 1 heterocycles. The number of carbonyl (C=O) groups excluding carboxylic acids is 2. The Balaban J connectivity index is 1.76. The number of nitrogens with zero attached hydrogens (tertiary/aromatic N) is 2. The van der Waals surface area contributed by atoms with Crippen molar-refractivity contribution in [3.05, 3.63) is 76.2 Å². The number of amides is 1. The molecular weight excluding hydrogens is 400 g/mol. The van der Waals surface area contributed by atoms with Gasteiger partial charge in [0.05, 0.1) is 13.7 Å². The quantitative estimate of drug-likeness (QED) is 0.379. The second kappa shape index (κ2) is 10.7. The fourth-order valence-electron chi connectivity index (χ4n) is 3.02. The molecule has 1 aromatic heterocycles. The minimum atomic E-state index is -0.480. The van der Waals surface area contributed by atoms with Gasteiger partial charge in [-0.05, 0) is 29.7 Å². The summed E-state index contributed by atoms with van der Waals surface area (Å²) in [6.45, 7) is 1.41. The van der Waals surface area contributed by atoms with Gasteiger partial charge in [-0.1, -0.05) is 42.5 Å². The van der Waals surface area contributed by atoms with E-state index in [1.165, 1.54) is 18.4 Å². The standard InChI is InChI=1S/C23H24N2O4S/c1-28-14-6-13-25(15-21-24-20(16-30-21)23(27)29-2)22(26)19-11-9-18(10-12-19)17-7-4-3-5-8-17/h3-5,7-12,16H,6,13-15H2,1-2H3. The molecule has 0 aliphatic heterocycles. The minimum absolute atomic E-state index is 0.0828. The van der Waals surface area contributed by atoms with Gasteiger partial charge in [0.2, 0.25) is 0 Å². The average Bonchev–Trinajstić information content (AvgIpc) is 3.27. The summed E-state index contributed by atoms with van der Waals surface area (Å²) in [5.74, 6) is -0.563. The Labute approximate surface area is 180 Å². The lowest BCUT2D eigenvalue weighted by molar-refractivity contribution is 0.0594. The molecule has 6 nitrogen and oxygen atoms in total. The van der Waals surface area contributed by atoms with Crippen LogP contribution in [0.5, 0.6) is 0 Å². The first kappa shape index (κ1) is 21.7. The van der Waals surface area contributed by atoms with E-state index >= 15 is 0 Å². The highest BCUT2D eigenvalue weighted by Crippen LogP contribution is 2.21. The fraction of sp³-hybridized carbons (Fsp3) is 0.261. The molecule has 0 bridgehead atoms. The summed E-state index contributed by atoms with van der Waals surface area (Å²) >= 11 is 1.34. The fourth-order valence-corrected chi connectivity index (χ4v) is 3.79. The number of ether oxygens (including phenoxy) is 2. The summed E-state index contributed by atoms with van der Waals surface area (Å²) in [6.07, 6.45) is 0.708. The molecule has 0 N–H and O–H groups in total. The molecule has 3 aromatic rings. The first-order chi connectivity index (χ1) is 14.6. The van der Waals surface area contributed by atoms with Gasteiger partial charge in [-0.25, -0.2) is 9.78 Å². The normalized spacial score (nSPS) is 10.6. The summed E-state index contributed by atoms with van der Waals surface area (Å²) in [5.41, 5.74) is 3.03. The zero-order valence-electron chi connectivity index (χ0n) is 17.0. The molecule has 7 heteroatoms. The Kier molecular flexibility index (Phi) is 7.70. The van der Waals surface area contributed by atoms with Gasteiger partial charge in [-0.15, -0.1) is 11.3 Å². The van der Waals surface area contributed by atoms with Gasteiger partial charge in [0.1, 0.15) is 5.01 Å². The van der Waals surface area contributed by atoms with Crippen LogP contribution in [0, 0.1) is 0 Å². The summed E-state index contributed by atoms with van der Waals surface area (Å²) < 4.78 is 9.84. The maximum atomic E-state index is 13.2. The molecule has 156 valence electrons. The van der Waals surface area contributed by atoms with E-state index in [1.807, 2.05) is 54.6 Å². The molecule has 0 radical (unpaired) electrons. The number of methoxy groups -OCH3 is 2. The van der Waals surface area contributed by atoms with Crippen molar-refractivity contribution in [3.8, 4) is 11.1 Å². The van der Waals surface area contributed by atoms with E-state index in [0.717, 1.165) is 11.1 Å². The topological polar surface area (TPSA) is 68.7 Å². The van der Waals surface area contributed by atoms with Gasteiger partial charge in [-0.3, -0.25) is 4.79 Å². The minimum Gasteiger partial charge on any atom is -0.464 e. The van der Waals surface area contributed by atoms with Gasteiger partial charge in [0.15, 0.2) is 5.69 Å². The number of hydrogen-bond acceptors (Lipinski definition) is 6. The molecule has 0 aliphatic carbocycles. The number of benzene rings is 2. The van der Waals surface area contributed by atoms with Crippen molar-refractivity contribution >= 4 is 23.2 Å². The van der Waals surface area contributed by atoms with Crippen molar-refractivity contribution in [2.45, 2.75) is 13.0 Å². The number of rotatable bonds is 9. The van der Waals surface area contributed by atoms with Crippen LogP contribution in [0.3, 0.4) is 0 Å². The van der Waals surface area contributed by atoms with E-state index in [2.05, 4.69) is 4.98 Å². The third kappa shape index (κ3) is 5.52.